The summed E-state index contributed by atoms with van der Waals surface area (Å²) in [4.78, 5) is 0. The molecule has 0 aromatic heterocycles. The first-order valence-corrected chi connectivity index (χ1v) is 8.26. The SMILES string of the molecule is CC1=C2CC[C@H]3[C@@H](CC=C4C=CCC[C@@]43C)[C@@H]2CC1. The molecular weight excluding hydrogens is 228 g/mol. The predicted molar refractivity (Wildman–Crippen MR) is 80.8 cm³/mol. The number of rotatable bonds is 0. The van der Waals surface area contributed by atoms with E-state index in [1.54, 1.807) is 11.1 Å². The molecule has 4 atom stereocenters. The summed E-state index contributed by atoms with van der Waals surface area (Å²) in [6, 6.07) is 0. The standard InChI is InChI=1S/C19H26/c1-13-6-8-16-15(13)10-11-18-17(16)9-7-14-5-3-4-12-19(14,18)2/h3,5,7,16-18H,4,6,8-12H2,1-2H3/t16-,17+,18+,19+/m1/s1. The lowest BCUT2D eigenvalue weighted by molar-refractivity contribution is 0.0723. The highest BCUT2D eigenvalue weighted by Gasteiger charge is 2.49. The molecule has 102 valence electrons. The van der Waals surface area contributed by atoms with Crippen LogP contribution in [0.5, 0.6) is 0 Å². The topological polar surface area (TPSA) is 0 Å². The minimum atomic E-state index is 0.500. The average molecular weight is 254 g/mol. The molecule has 19 heavy (non-hydrogen) atoms. The number of hydrogen-bond acceptors (Lipinski definition) is 0. The molecule has 1 fully saturated rings. The predicted octanol–water partition coefficient (Wildman–Crippen LogP) is 5.43. The third-order valence-electron chi connectivity index (χ3n) is 6.80. The Hall–Kier alpha value is -0.780. The highest BCUT2D eigenvalue weighted by molar-refractivity contribution is 5.36. The molecule has 1 saturated carbocycles. The molecule has 0 heteroatoms. The van der Waals surface area contributed by atoms with Crippen molar-refractivity contribution in [3.05, 3.63) is 34.9 Å². The largest absolute Gasteiger partial charge is 0.0842 e. The molecular formula is C19H26. The fraction of sp³-hybridized carbons (Fsp3) is 0.684. The van der Waals surface area contributed by atoms with Gasteiger partial charge in [-0.3, -0.25) is 0 Å². The van der Waals surface area contributed by atoms with Crippen molar-refractivity contribution >= 4 is 0 Å². The Bertz CT molecular complexity index is 490. The lowest BCUT2D eigenvalue weighted by atomic mass is 9.52. The maximum atomic E-state index is 2.59. The number of allylic oxidation sites excluding steroid dienone is 6. The van der Waals surface area contributed by atoms with Gasteiger partial charge in [0.15, 0.2) is 0 Å². The summed E-state index contributed by atoms with van der Waals surface area (Å²) in [6.45, 7) is 4.96. The Morgan fingerprint density at radius 3 is 3.00 bits per heavy atom. The van der Waals surface area contributed by atoms with Crippen molar-refractivity contribution < 1.29 is 0 Å². The molecule has 0 amide bonds. The van der Waals surface area contributed by atoms with Gasteiger partial charge in [0.25, 0.3) is 0 Å². The van der Waals surface area contributed by atoms with Gasteiger partial charge in [-0.05, 0) is 80.6 Å². The minimum Gasteiger partial charge on any atom is -0.0842 e. The molecule has 0 N–H and O–H groups in total. The Labute approximate surface area is 117 Å². The van der Waals surface area contributed by atoms with Gasteiger partial charge in [0.05, 0.1) is 0 Å². The summed E-state index contributed by atoms with van der Waals surface area (Å²) in [7, 11) is 0. The second-order valence-corrected chi connectivity index (χ2v) is 7.51. The van der Waals surface area contributed by atoms with Gasteiger partial charge in [0.1, 0.15) is 0 Å². The van der Waals surface area contributed by atoms with Crippen LogP contribution in [0.1, 0.15) is 58.8 Å². The second-order valence-electron chi connectivity index (χ2n) is 7.51. The van der Waals surface area contributed by atoms with Gasteiger partial charge in [0, 0.05) is 0 Å². The quantitative estimate of drug-likeness (QED) is 0.506. The highest BCUT2D eigenvalue weighted by atomic mass is 14.5. The summed E-state index contributed by atoms with van der Waals surface area (Å²) in [5, 5.41) is 0. The van der Waals surface area contributed by atoms with Crippen molar-refractivity contribution in [3.63, 3.8) is 0 Å². The van der Waals surface area contributed by atoms with E-state index in [0.29, 0.717) is 5.41 Å². The van der Waals surface area contributed by atoms with Crippen molar-refractivity contribution in [1.29, 1.82) is 0 Å². The zero-order valence-electron chi connectivity index (χ0n) is 12.4. The van der Waals surface area contributed by atoms with Crippen LogP contribution in [0.3, 0.4) is 0 Å². The van der Waals surface area contributed by atoms with E-state index in [-0.39, 0.29) is 0 Å². The van der Waals surface area contributed by atoms with Crippen LogP contribution in [0.25, 0.3) is 0 Å². The summed E-state index contributed by atoms with van der Waals surface area (Å²) in [6.07, 6.45) is 17.2. The van der Waals surface area contributed by atoms with Crippen molar-refractivity contribution in [2.45, 2.75) is 58.8 Å². The molecule has 0 aliphatic heterocycles. The summed E-state index contributed by atoms with van der Waals surface area (Å²) >= 11 is 0. The van der Waals surface area contributed by atoms with E-state index in [4.69, 9.17) is 0 Å². The first-order valence-electron chi connectivity index (χ1n) is 8.26. The van der Waals surface area contributed by atoms with Crippen molar-refractivity contribution in [1.82, 2.24) is 0 Å². The maximum Gasteiger partial charge on any atom is -0.00443 e. The van der Waals surface area contributed by atoms with E-state index >= 15 is 0 Å². The Balaban J connectivity index is 1.73. The van der Waals surface area contributed by atoms with Crippen molar-refractivity contribution in [3.8, 4) is 0 Å². The molecule has 0 heterocycles. The summed E-state index contributed by atoms with van der Waals surface area (Å²) in [5.41, 5.74) is 5.78. The van der Waals surface area contributed by atoms with Gasteiger partial charge in [-0.25, -0.2) is 0 Å². The monoisotopic (exact) mass is 254 g/mol. The zero-order valence-corrected chi connectivity index (χ0v) is 12.4. The van der Waals surface area contributed by atoms with E-state index in [1.165, 1.54) is 44.9 Å². The van der Waals surface area contributed by atoms with Crippen LogP contribution in [0.2, 0.25) is 0 Å². The van der Waals surface area contributed by atoms with Gasteiger partial charge in [-0.1, -0.05) is 36.3 Å². The van der Waals surface area contributed by atoms with E-state index in [9.17, 15) is 0 Å². The molecule has 0 nitrogen and oxygen atoms in total. The lowest BCUT2D eigenvalue weighted by Crippen LogP contribution is -2.43. The van der Waals surface area contributed by atoms with E-state index in [1.807, 2.05) is 5.57 Å². The van der Waals surface area contributed by atoms with Gasteiger partial charge >= 0.3 is 0 Å². The van der Waals surface area contributed by atoms with E-state index in [0.717, 1.165) is 17.8 Å². The molecule has 4 aliphatic rings. The fourth-order valence-electron chi connectivity index (χ4n) is 5.71. The summed E-state index contributed by atoms with van der Waals surface area (Å²) in [5.74, 6) is 2.86. The maximum absolute atomic E-state index is 2.59. The van der Waals surface area contributed by atoms with Crippen molar-refractivity contribution in [2.75, 3.05) is 0 Å². The molecule has 4 rings (SSSR count). The fourth-order valence-corrected chi connectivity index (χ4v) is 5.71. The van der Waals surface area contributed by atoms with Gasteiger partial charge < -0.3 is 0 Å². The van der Waals surface area contributed by atoms with Crippen LogP contribution < -0.4 is 0 Å². The van der Waals surface area contributed by atoms with Crippen LogP contribution in [0.4, 0.5) is 0 Å². The van der Waals surface area contributed by atoms with Gasteiger partial charge in [-0.15, -0.1) is 0 Å². The molecule has 0 radical (unpaired) electrons. The first-order chi connectivity index (χ1) is 9.20. The Morgan fingerprint density at radius 2 is 2.11 bits per heavy atom. The first kappa shape index (κ1) is 12.0. The molecule has 0 aromatic rings. The molecule has 0 spiro atoms. The second kappa shape index (κ2) is 4.11. The number of fused-ring (bicyclic) bond motifs is 5. The number of hydrogen-bond donors (Lipinski definition) is 0. The third kappa shape index (κ3) is 1.58. The van der Waals surface area contributed by atoms with Crippen LogP contribution in [0.15, 0.2) is 34.9 Å². The lowest BCUT2D eigenvalue weighted by Gasteiger charge is -2.52. The molecule has 0 aromatic carbocycles. The van der Waals surface area contributed by atoms with Gasteiger partial charge in [-0.2, -0.15) is 0 Å². The van der Waals surface area contributed by atoms with Gasteiger partial charge in [0.2, 0.25) is 0 Å². The Kier molecular flexibility index (Phi) is 2.59. The van der Waals surface area contributed by atoms with Crippen LogP contribution >= 0.6 is 0 Å². The normalized spacial score (nSPS) is 44.5. The van der Waals surface area contributed by atoms with Crippen LogP contribution in [-0.4, -0.2) is 0 Å². The Morgan fingerprint density at radius 1 is 1.21 bits per heavy atom. The van der Waals surface area contributed by atoms with Crippen molar-refractivity contribution in [2.24, 2.45) is 23.2 Å². The summed E-state index contributed by atoms with van der Waals surface area (Å²) < 4.78 is 0. The molecule has 0 unspecified atom stereocenters. The van der Waals surface area contributed by atoms with Crippen LogP contribution in [0, 0.1) is 23.2 Å². The van der Waals surface area contributed by atoms with E-state index in [2.05, 4.69) is 32.1 Å². The van der Waals surface area contributed by atoms with E-state index < -0.39 is 0 Å². The highest BCUT2D eigenvalue weighted by Crippen LogP contribution is 2.59. The smallest absolute Gasteiger partial charge is 0.00443 e. The third-order valence-corrected chi connectivity index (χ3v) is 6.80. The molecule has 4 aliphatic carbocycles. The molecule has 0 saturated heterocycles. The van der Waals surface area contributed by atoms with Crippen LogP contribution in [-0.2, 0) is 0 Å². The average Bonchev–Trinajstić information content (AvgIpc) is 2.80. The minimum absolute atomic E-state index is 0.500. The molecule has 0 bridgehead atoms. The zero-order chi connectivity index (χ0) is 13.0.